The molecule has 2 rings (SSSR count). The largest absolute Gasteiger partial charge is 0.493 e. The predicted molar refractivity (Wildman–Crippen MR) is 97.6 cm³/mol. The van der Waals surface area contributed by atoms with Gasteiger partial charge in [0.15, 0.2) is 11.5 Å². The Labute approximate surface area is 151 Å². The van der Waals surface area contributed by atoms with Gasteiger partial charge in [0.1, 0.15) is 6.61 Å². The Morgan fingerprint density at radius 3 is 2.76 bits per heavy atom. The van der Waals surface area contributed by atoms with Crippen LogP contribution in [0, 0.1) is 6.92 Å². The summed E-state index contributed by atoms with van der Waals surface area (Å²) in [4.78, 5) is 12.1. The summed E-state index contributed by atoms with van der Waals surface area (Å²) in [7, 11) is 1.53. The molecule has 3 N–H and O–H groups in total. The number of benzene rings is 2. The lowest BCUT2D eigenvalue weighted by Gasteiger charge is -2.13. The highest BCUT2D eigenvalue weighted by atomic mass is 35.5. The number of ether oxygens (including phenoxy) is 2. The standard InChI is InChI=1S/C18H21ClN2O4/c1-12-14(19)4-3-5-15(12)21-18(23)20-11-13-6-7-16(25-9-8-22)17(10-13)24-2/h3-7,10,22H,8-9,11H2,1-2H3,(H2,20,21,23). The number of urea groups is 1. The summed E-state index contributed by atoms with van der Waals surface area (Å²) >= 11 is 6.04. The zero-order valence-electron chi connectivity index (χ0n) is 14.1. The second-order valence-corrected chi connectivity index (χ2v) is 5.68. The molecule has 0 atom stereocenters. The van der Waals surface area contributed by atoms with Crippen molar-refractivity contribution in [3.63, 3.8) is 0 Å². The van der Waals surface area contributed by atoms with Gasteiger partial charge in [-0.3, -0.25) is 0 Å². The summed E-state index contributed by atoms with van der Waals surface area (Å²) in [6.07, 6.45) is 0. The van der Waals surface area contributed by atoms with Crippen molar-refractivity contribution in [1.29, 1.82) is 0 Å². The molecule has 0 saturated heterocycles. The summed E-state index contributed by atoms with van der Waals surface area (Å²) in [5.41, 5.74) is 2.33. The van der Waals surface area contributed by atoms with E-state index in [1.54, 1.807) is 30.3 Å². The monoisotopic (exact) mass is 364 g/mol. The number of carbonyl (C=O) groups is 1. The smallest absolute Gasteiger partial charge is 0.319 e. The summed E-state index contributed by atoms with van der Waals surface area (Å²) in [6.45, 7) is 2.28. The second kappa shape index (κ2) is 9.15. The van der Waals surface area contributed by atoms with E-state index in [1.165, 1.54) is 7.11 Å². The molecule has 7 heteroatoms. The van der Waals surface area contributed by atoms with Gasteiger partial charge in [0.25, 0.3) is 0 Å². The van der Waals surface area contributed by atoms with Gasteiger partial charge in [-0.05, 0) is 42.3 Å². The molecule has 0 aliphatic rings. The van der Waals surface area contributed by atoms with Gasteiger partial charge in [-0.1, -0.05) is 23.7 Å². The second-order valence-electron chi connectivity index (χ2n) is 5.28. The Morgan fingerprint density at radius 1 is 1.24 bits per heavy atom. The molecule has 0 aliphatic heterocycles. The van der Waals surface area contributed by atoms with Crippen LogP contribution < -0.4 is 20.1 Å². The van der Waals surface area contributed by atoms with Crippen LogP contribution in [0.4, 0.5) is 10.5 Å². The molecule has 0 unspecified atom stereocenters. The SMILES string of the molecule is COc1cc(CNC(=O)Nc2cccc(Cl)c2C)ccc1OCCO. The van der Waals surface area contributed by atoms with Crippen molar-refractivity contribution >= 4 is 23.3 Å². The van der Waals surface area contributed by atoms with Crippen LogP contribution in [-0.2, 0) is 6.54 Å². The molecule has 0 aliphatic carbocycles. The van der Waals surface area contributed by atoms with E-state index >= 15 is 0 Å². The van der Waals surface area contributed by atoms with E-state index in [1.807, 2.05) is 13.0 Å². The fourth-order valence-electron chi connectivity index (χ4n) is 2.19. The van der Waals surface area contributed by atoms with E-state index in [2.05, 4.69) is 10.6 Å². The number of hydrogen-bond acceptors (Lipinski definition) is 4. The first-order valence-electron chi connectivity index (χ1n) is 7.75. The molecule has 2 aromatic carbocycles. The first kappa shape index (κ1) is 18.9. The minimum Gasteiger partial charge on any atom is -0.493 e. The number of aliphatic hydroxyl groups is 1. The molecule has 0 radical (unpaired) electrons. The van der Waals surface area contributed by atoms with Gasteiger partial charge >= 0.3 is 6.03 Å². The Kier molecular flexibility index (Phi) is 6.91. The van der Waals surface area contributed by atoms with Gasteiger partial charge in [0, 0.05) is 17.3 Å². The number of hydrogen-bond donors (Lipinski definition) is 3. The quantitative estimate of drug-likeness (QED) is 0.704. The number of amides is 2. The molecular formula is C18H21ClN2O4. The van der Waals surface area contributed by atoms with Crippen molar-refractivity contribution in [2.75, 3.05) is 25.6 Å². The third kappa shape index (κ3) is 5.27. The zero-order chi connectivity index (χ0) is 18.2. The predicted octanol–water partition coefficient (Wildman–Crippen LogP) is 3.35. The average Bonchev–Trinajstić information content (AvgIpc) is 2.62. The molecule has 2 amide bonds. The summed E-state index contributed by atoms with van der Waals surface area (Å²) in [6, 6.07) is 10.3. The van der Waals surface area contributed by atoms with E-state index in [4.69, 9.17) is 26.2 Å². The molecule has 0 aromatic heterocycles. The Bertz CT molecular complexity index is 737. The van der Waals surface area contributed by atoms with E-state index < -0.39 is 0 Å². The number of methoxy groups -OCH3 is 1. The number of anilines is 1. The summed E-state index contributed by atoms with van der Waals surface area (Å²) in [5, 5.41) is 15.0. The maximum atomic E-state index is 12.1. The molecule has 0 spiro atoms. The number of nitrogens with one attached hydrogen (secondary N) is 2. The van der Waals surface area contributed by atoms with Crippen LogP contribution in [0.3, 0.4) is 0 Å². The van der Waals surface area contributed by atoms with Crippen molar-refractivity contribution < 1.29 is 19.4 Å². The summed E-state index contributed by atoms with van der Waals surface area (Å²) < 4.78 is 10.6. The van der Waals surface area contributed by atoms with Crippen molar-refractivity contribution in [2.45, 2.75) is 13.5 Å². The lowest BCUT2D eigenvalue weighted by Crippen LogP contribution is -2.28. The van der Waals surface area contributed by atoms with Crippen LogP contribution in [0.15, 0.2) is 36.4 Å². The van der Waals surface area contributed by atoms with E-state index in [-0.39, 0.29) is 19.2 Å². The molecule has 0 heterocycles. The third-order valence-corrected chi connectivity index (χ3v) is 3.96. The Balaban J connectivity index is 1.96. The van der Waals surface area contributed by atoms with E-state index in [0.29, 0.717) is 28.8 Å². The van der Waals surface area contributed by atoms with Gasteiger partial charge in [-0.2, -0.15) is 0 Å². The molecule has 2 aromatic rings. The van der Waals surface area contributed by atoms with Gasteiger partial charge in [0.2, 0.25) is 0 Å². The first-order chi connectivity index (χ1) is 12.0. The summed E-state index contributed by atoms with van der Waals surface area (Å²) in [5.74, 6) is 1.08. The van der Waals surface area contributed by atoms with Crippen molar-refractivity contribution in [2.24, 2.45) is 0 Å². The fraction of sp³-hybridized carbons (Fsp3) is 0.278. The van der Waals surface area contributed by atoms with Gasteiger partial charge in [-0.15, -0.1) is 0 Å². The third-order valence-electron chi connectivity index (χ3n) is 3.55. The lowest BCUT2D eigenvalue weighted by atomic mass is 10.2. The highest BCUT2D eigenvalue weighted by Gasteiger charge is 2.09. The lowest BCUT2D eigenvalue weighted by molar-refractivity contribution is 0.196. The zero-order valence-corrected chi connectivity index (χ0v) is 14.9. The minimum atomic E-state index is -0.329. The van der Waals surface area contributed by atoms with Crippen LogP contribution in [0.5, 0.6) is 11.5 Å². The molecule has 0 saturated carbocycles. The van der Waals surface area contributed by atoms with Crippen LogP contribution in [0.1, 0.15) is 11.1 Å². The van der Waals surface area contributed by atoms with Crippen LogP contribution >= 0.6 is 11.6 Å². The van der Waals surface area contributed by atoms with Gasteiger partial charge < -0.3 is 25.2 Å². The molecule has 6 nitrogen and oxygen atoms in total. The van der Waals surface area contributed by atoms with Crippen LogP contribution in [-0.4, -0.2) is 31.5 Å². The maximum absolute atomic E-state index is 12.1. The van der Waals surface area contributed by atoms with Gasteiger partial charge in [-0.25, -0.2) is 4.79 Å². The number of rotatable bonds is 7. The topological polar surface area (TPSA) is 79.8 Å². The Hall–Kier alpha value is -2.44. The van der Waals surface area contributed by atoms with E-state index in [9.17, 15) is 4.79 Å². The van der Waals surface area contributed by atoms with Crippen molar-refractivity contribution in [1.82, 2.24) is 5.32 Å². The molecule has 0 fully saturated rings. The first-order valence-corrected chi connectivity index (χ1v) is 8.13. The number of aliphatic hydroxyl groups excluding tert-OH is 1. The fourth-order valence-corrected chi connectivity index (χ4v) is 2.36. The van der Waals surface area contributed by atoms with Gasteiger partial charge in [0.05, 0.1) is 13.7 Å². The van der Waals surface area contributed by atoms with Crippen LogP contribution in [0.25, 0.3) is 0 Å². The molecule has 0 bridgehead atoms. The molecule has 134 valence electrons. The normalized spacial score (nSPS) is 10.2. The Morgan fingerprint density at radius 2 is 2.04 bits per heavy atom. The maximum Gasteiger partial charge on any atom is 0.319 e. The van der Waals surface area contributed by atoms with Crippen molar-refractivity contribution in [3.05, 3.63) is 52.5 Å². The minimum absolute atomic E-state index is 0.0739. The highest BCUT2D eigenvalue weighted by Crippen LogP contribution is 2.28. The number of halogens is 1. The average molecular weight is 365 g/mol. The molecular weight excluding hydrogens is 344 g/mol. The van der Waals surface area contributed by atoms with E-state index in [0.717, 1.165) is 11.1 Å². The number of carbonyl (C=O) groups excluding carboxylic acids is 1. The molecule has 25 heavy (non-hydrogen) atoms. The highest BCUT2D eigenvalue weighted by molar-refractivity contribution is 6.31. The van der Waals surface area contributed by atoms with Crippen molar-refractivity contribution in [3.8, 4) is 11.5 Å². The van der Waals surface area contributed by atoms with Crippen LogP contribution in [0.2, 0.25) is 5.02 Å².